The van der Waals surface area contributed by atoms with Crippen molar-refractivity contribution in [2.24, 2.45) is 5.41 Å². The Kier molecular flexibility index (Phi) is 9.10. The summed E-state index contributed by atoms with van der Waals surface area (Å²) in [6.45, 7) is 7.23. The van der Waals surface area contributed by atoms with Gasteiger partial charge in [0, 0.05) is 31.3 Å². The van der Waals surface area contributed by atoms with Gasteiger partial charge in [0.05, 0.1) is 12.3 Å². The van der Waals surface area contributed by atoms with E-state index >= 15 is 0 Å². The maximum absolute atomic E-state index is 13.5. The molecule has 11 nitrogen and oxygen atoms in total. The van der Waals surface area contributed by atoms with E-state index in [9.17, 15) is 27.5 Å². The molecule has 210 valence electrons. The molecule has 0 aliphatic heterocycles. The topological polar surface area (TPSA) is 149 Å². The zero-order chi connectivity index (χ0) is 29.0. The second-order valence-electron chi connectivity index (χ2n) is 9.91. The van der Waals surface area contributed by atoms with Crippen molar-refractivity contribution in [3.8, 4) is 17.3 Å². The molecule has 1 aromatic heterocycles. The molecule has 0 spiro atoms. The number of halogens is 1. The average molecular weight is 563 g/mol. The number of carbonyl (C=O) groups is 2. The van der Waals surface area contributed by atoms with E-state index in [0.29, 0.717) is 0 Å². The molecule has 2 aromatic carbocycles. The van der Waals surface area contributed by atoms with Crippen LogP contribution >= 0.6 is 0 Å². The number of benzene rings is 2. The van der Waals surface area contributed by atoms with Crippen LogP contribution in [0.2, 0.25) is 0 Å². The Hall–Kier alpha value is -3.81. The standard InChI is InChI=1S/C26H31FN4O7S/c1-16-23(25(33)34)30-31(19-9-6-17(27)7-10-19)24(16)38-20-11-8-18(29-22(32)15-26(2,3)4)14-21(20)39(35,36)28-12-13-37-5/h6-11,14,28H,12-13,15H2,1-5H3,(H,29,32)(H,33,34). The Labute approximate surface area is 226 Å². The van der Waals surface area contributed by atoms with Crippen molar-refractivity contribution in [2.45, 2.75) is 39.0 Å². The molecule has 0 saturated carbocycles. The summed E-state index contributed by atoms with van der Waals surface area (Å²) in [6, 6.07) is 9.14. The fourth-order valence-corrected chi connectivity index (χ4v) is 4.75. The number of carboxylic acid groups (broad SMARTS) is 1. The van der Waals surface area contributed by atoms with Gasteiger partial charge >= 0.3 is 5.97 Å². The number of carbonyl (C=O) groups excluding carboxylic acids is 1. The van der Waals surface area contributed by atoms with Crippen molar-refractivity contribution in [1.82, 2.24) is 14.5 Å². The number of aromatic carboxylic acids is 1. The van der Waals surface area contributed by atoms with E-state index in [1.165, 1.54) is 56.5 Å². The summed E-state index contributed by atoms with van der Waals surface area (Å²) in [5.41, 5.74) is 0.00417. The van der Waals surface area contributed by atoms with Gasteiger partial charge in [-0.15, -0.1) is 0 Å². The highest BCUT2D eigenvalue weighted by atomic mass is 32.2. The summed E-state index contributed by atoms with van der Waals surface area (Å²) in [5, 5.41) is 16.4. The van der Waals surface area contributed by atoms with Crippen LogP contribution in [0.15, 0.2) is 47.4 Å². The van der Waals surface area contributed by atoms with Crippen molar-refractivity contribution in [2.75, 3.05) is 25.6 Å². The number of methoxy groups -OCH3 is 1. The molecular formula is C26H31FN4O7S. The largest absolute Gasteiger partial charge is 0.476 e. The molecule has 1 heterocycles. The smallest absolute Gasteiger partial charge is 0.356 e. The maximum atomic E-state index is 13.5. The number of hydrogen-bond acceptors (Lipinski definition) is 7. The predicted molar refractivity (Wildman–Crippen MR) is 142 cm³/mol. The minimum absolute atomic E-state index is 0.0331. The van der Waals surface area contributed by atoms with Gasteiger partial charge in [0.25, 0.3) is 0 Å². The number of anilines is 1. The lowest BCUT2D eigenvalue weighted by Crippen LogP contribution is -2.27. The monoisotopic (exact) mass is 562 g/mol. The Morgan fingerprint density at radius 3 is 2.38 bits per heavy atom. The summed E-state index contributed by atoms with van der Waals surface area (Å²) < 4.78 is 54.5. The van der Waals surface area contributed by atoms with Gasteiger partial charge in [-0.1, -0.05) is 20.8 Å². The maximum Gasteiger partial charge on any atom is 0.356 e. The highest BCUT2D eigenvalue weighted by Crippen LogP contribution is 2.35. The van der Waals surface area contributed by atoms with Gasteiger partial charge < -0.3 is 19.9 Å². The molecule has 1 amide bonds. The van der Waals surface area contributed by atoms with Crippen LogP contribution in [0, 0.1) is 18.2 Å². The van der Waals surface area contributed by atoms with E-state index in [2.05, 4.69) is 15.1 Å². The normalized spacial score (nSPS) is 11.8. The molecule has 3 N–H and O–H groups in total. The third-order valence-corrected chi connectivity index (χ3v) is 6.84. The van der Waals surface area contributed by atoms with Crippen LogP contribution in [-0.4, -0.2) is 55.4 Å². The van der Waals surface area contributed by atoms with Crippen LogP contribution in [0.25, 0.3) is 5.69 Å². The minimum Gasteiger partial charge on any atom is -0.476 e. The number of sulfonamides is 1. The van der Waals surface area contributed by atoms with Gasteiger partial charge in [-0.3, -0.25) is 4.79 Å². The number of nitrogens with one attached hydrogen (secondary N) is 2. The van der Waals surface area contributed by atoms with Crippen LogP contribution < -0.4 is 14.8 Å². The predicted octanol–water partition coefficient (Wildman–Crippen LogP) is 4.11. The Balaban J connectivity index is 2.10. The van der Waals surface area contributed by atoms with E-state index in [1.807, 2.05) is 20.8 Å². The molecule has 0 aliphatic rings. The molecule has 0 saturated heterocycles. The number of ether oxygens (including phenoxy) is 2. The first kappa shape index (κ1) is 29.7. The first-order valence-electron chi connectivity index (χ1n) is 11.9. The number of carboxylic acids is 1. The lowest BCUT2D eigenvalue weighted by Gasteiger charge is -2.18. The first-order valence-corrected chi connectivity index (χ1v) is 13.4. The number of aromatic nitrogens is 2. The quantitative estimate of drug-likeness (QED) is 0.296. The molecule has 0 aliphatic carbocycles. The Morgan fingerprint density at radius 2 is 1.79 bits per heavy atom. The SMILES string of the molecule is COCCNS(=O)(=O)c1cc(NC(=O)CC(C)(C)C)ccc1Oc1c(C)c(C(=O)O)nn1-c1ccc(F)cc1. The van der Waals surface area contributed by atoms with Crippen LogP contribution in [0.3, 0.4) is 0 Å². The van der Waals surface area contributed by atoms with Crippen molar-refractivity contribution in [3.05, 3.63) is 59.5 Å². The average Bonchev–Trinajstić information content (AvgIpc) is 3.15. The molecule has 0 unspecified atom stereocenters. The summed E-state index contributed by atoms with van der Waals surface area (Å²) >= 11 is 0. The van der Waals surface area contributed by atoms with Crippen LogP contribution in [-0.2, 0) is 19.6 Å². The second-order valence-corrected chi connectivity index (χ2v) is 11.6. The highest BCUT2D eigenvalue weighted by molar-refractivity contribution is 7.89. The van der Waals surface area contributed by atoms with E-state index in [1.54, 1.807) is 0 Å². The van der Waals surface area contributed by atoms with Crippen molar-refractivity contribution in [3.63, 3.8) is 0 Å². The highest BCUT2D eigenvalue weighted by Gasteiger charge is 2.27. The van der Waals surface area contributed by atoms with Gasteiger partial charge in [0.2, 0.25) is 21.8 Å². The van der Waals surface area contributed by atoms with Crippen molar-refractivity contribution >= 4 is 27.6 Å². The lowest BCUT2D eigenvalue weighted by molar-refractivity contribution is -0.117. The summed E-state index contributed by atoms with van der Waals surface area (Å²) in [7, 11) is -2.76. The van der Waals surface area contributed by atoms with Gasteiger partial charge in [-0.2, -0.15) is 9.78 Å². The fraction of sp³-hybridized carbons (Fsp3) is 0.346. The first-order chi connectivity index (χ1) is 18.2. The second kappa shape index (κ2) is 11.9. The van der Waals surface area contributed by atoms with Crippen LogP contribution in [0.4, 0.5) is 10.1 Å². The molecule has 39 heavy (non-hydrogen) atoms. The summed E-state index contributed by atoms with van der Waals surface area (Å²) in [5.74, 6) is -2.38. The van der Waals surface area contributed by atoms with E-state index in [-0.39, 0.29) is 70.1 Å². The van der Waals surface area contributed by atoms with Gasteiger partial charge in [-0.25, -0.2) is 22.3 Å². The van der Waals surface area contributed by atoms with Gasteiger partial charge in [0.1, 0.15) is 16.5 Å². The van der Waals surface area contributed by atoms with Crippen LogP contribution in [0.5, 0.6) is 11.6 Å². The molecule has 3 rings (SSSR count). The van der Waals surface area contributed by atoms with Crippen molar-refractivity contribution < 1.29 is 37.0 Å². The number of rotatable bonds is 11. The number of amides is 1. The summed E-state index contributed by atoms with van der Waals surface area (Å²) in [4.78, 5) is 24.0. The summed E-state index contributed by atoms with van der Waals surface area (Å²) in [6.07, 6.45) is 0.202. The molecule has 0 radical (unpaired) electrons. The zero-order valence-corrected chi connectivity index (χ0v) is 23.1. The van der Waals surface area contributed by atoms with E-state index in [4.69, 9.17) is 9.47 Å². The van der Waals surface area contributed by atoms with Crippen molar-refractivity contribution in [1.29, 1.82) is 0 Å². The lowest BCUT2D eigenvalue weighted by atomic mass is 9.92. The molecule has 13 heteroatoms. The Morgan fingerprint density at radius 1 is 1.13 bits per heavy atom. The third kappa shape index (κ3) is 7.62. The van der Waals surface area contributed by atoms with E-state index < -0.39 is 21.8 Å². The molecule has 0 atom stereocenters. The molecule has 0 bridgehead atoms. The van der Waals surface area contributed by atoms with Gasteiger partial charge in [-0.05, 0) is 54.8 Å². The Bertz CT molecular complexity index is 1460. The van der Waals surface area contributed by atoms with E-state index in [0.717, 1.165) is 4.68 Å². The van der Waals surface area contributed by atoms with Crippen LogP contribution in [0.1, 0.15) is 43.2 Å². The number of hydrogen-bond donors (Lipinski definition) is 3. The third-order valence-electron chi connectivity index (χ3n) is 5.35. The minimum atomic E-state index is -4.18. The zero-order valence-electron chi connectivity index (χ0n) is 22.2. The molecule has 0 fully saturated rings. The number of nitrogens with zero attached hydrogens (tertiary/aromatic N) is 2. The molecule has 3 aromatic rings. The molecular weight excluding hydrogens is 531 g/mol. The van der Waals surface area contributed by atoms with Gasteiger partial charge in [0.15, 0.2) is 5.69 Å². The fourth-order valence-electron chi connectivity index (χ4n) is 3.59.